The summed E-state index contributed by atoms with van der Waals surface area (Å²) < 4.78 is 1.66. The van der Waals surface area contributed by atoms with Crippen LogP contribution in [0.3, 0.4) is 0 Å². The van der Waals surface area contributed by atoms with E-state index in [9.17, 15) is 9.59 Å². The molecule has 2 heterocycles. The lowest BCUT2D eigenvalue weighted by molar-refractivity contribution is -0.112. The first-order valence-corrected chi connectivity index (χ1v) is 10.5. The van der Waals surface area contributed by atoms with E-state index in [2.05, 4.69) is 15.7 Å². The van der Waals surface area contributed by atoms with Gasteiger partial charge in [0, 0.05) is 42.5 Å². The smallest absolute Gasteiger partial charge is 0.322 e. The maximum absolute atomic E-state index is 12.4. The summed E-state index contributed by atoms with van der Waals surface area (Å²) in [5, 5.41) is 10.8. The number of aromatic nitrogens is 2. The van der Waals surface area contributed by atoms with Crippen LogP contribution in [0, 0.1) is 0 Å². The van der Waals surface area contributed by atoms with E-state index in [1.165, 1.54) is 0 Å². The van der Waals surface area contributed by atoms with Gasteiger partial charge in [0.2, 0.25) is 0 Å². The number of allylic oxidation sites excluding steroid dienone is 2. The predicted octanol–water partition coefficient (Wildman–Crippen LogP) is 4.50. The van der Waals surface area contributed by atoms with Crippen LogP contribution in [-0.4, -0.2) is 39.7 Å². The average Bonchev–Trinajstić information content (AvgIpc) is 3.39. The number of urea groups is 1. The third-order valence-corrected chi connectivity index (χ3v) is 5.65. The Kier molecular flexibility index (Phi) is 5.90. The van der Waals surface area contributed by atoms with Crippen LogP contribution in [0.5, 0.6) is 0 Å². The molecule has 0 bridgehead atoms. The molecule has 0 spiro atoms. The topological polar surface area (TPSA) is 79.3 Å². The normalized spacial score (nSPS) is 16.1. The number of hydrogen-bond acceptors (Lipinski definition) is 3. The van der Waals surface area contributed by atoms with E-state index in [0.717, 1.165) is 50.0 Å². The zero-order chi connectivity index (χ0) is 21.1. The van der Waals surface area contributed by atoms with E-state index < -0.39 is 0 Å². The number of benzene rings is 1. The van der Waals surface area contributed by atoms with E-state index in [1.807, 2.05) is 47.4 Å². The van der Waals surface area contributed by atoms with Crippen molar-refractivity contribution in [2.45, 2.75) is 25.7 Å². The Morgan fingerprint density at radius 1 is 1.03 bits per heavy atom. The Hall–Kier alpha value is -3.06. The van der Waals surface area contributed by atoms with Gasteiger partial charge in [0.1, 0.15) is 5.82 Å². The van der Waals surface area contributed by atoms with Gasteiger partial charge in [-0.2, -0.15) is 5.10 Å². The summed E-state index contributed by atoms with van der Waals surface area (Å²) in [5.74, 6) is 0.429. The molecule has 0 radical (unpaired) electrons. The fourth-order valence-corrected chi connectivity index (χ4v) is 3.88. The summed E-state index contributed by atoms with van der Waals surface area (Å²) in [7, 11) is 1.80. The maximum Gasteiger partial charge on any atom is 0.322 e. The molecule has 156 valence electrons. The van der Waals surface area contributed by atoms with E-state index in [-0.39, 0.29) is 11.9 Å². The van der Waals surface area contributed by atoms with Crippen molar-refractivity contribution in [2.24, 2.45) is 7.05 Å². The second-order valence-corrected chi connectivity index (χ2v) is 7.85. The number of aryl methyl sites for hydroxylation is 1. The van der Waals surface area contributed by atoms with Gasteiger partial charge < -0.3 is 10.2 Å². The van der Waals surface area contributed by atoms with E-state index in [1.54, 1.807) is 11.7 Å². The van der Waals surface area contributed by atoms with Gasteiger partial charge in [-0.25, -0.2) is 4.79 Å². The van der Waals surface area contributed by atoms with Crippen LogP contribution in [0.15, 0.2) is 53.1 Å². The minimum absolute atomic E-state index is 0.0927. The maximum atomic E-state index is 12.4. The van der Waals surface area contributed by atoms with E-state index >= 15 is 0 Å². The molecule has 2 N–H and O–H groups in total. The Labute approximate surface area is 180 Å². The number of halogens is 1. The van der Waals surface area contributed by atoms with Gasteiger partial charge in [-0.1, -0.05) is 35.9 Å². The number of nitrogens with one attached hydrogen (secondary N) is 2. The minimum atomic E-state index is -0.214. The van der Waals surface area contributed by atoms with Gasteiger partial charge in [-0.15, -0.1) is 0 Å². The molecule has 1 aromatic heterocycles. The molecule has 1 aliphatic heterocycles. The first-order valence-electron chi connectivity index (χ1n) is 10.1. The number of carbonyl (C=O) groups is 2. The molecule has 0 saturated carbocycles. The highest BCUT2D eigenvalue weighted by molar-refractivity contribution is 6.36. The van der Waals surface area contributed by atoms with Gasteiger partial charge in [0.05, 0.1) is 11.3 Å². The van der Waals surface area contributed by atoms with E-state index in [4.69, 9.17) is 11.6 Å². The molecular weight excluding hydrogens is 402 g/mol. The second kappa shape index (κ2) is 8.75. The number of amides is 3. The highest BCUT2D eigenvalue weighted by Gasteiger charge is 2.19. The molecule has 1 aliphatic carbocycles. The number of hydrogen-bond donors (Lipinski definition) is 2. The first-order chi connectivity index (χ1) is 14.5. The van der Waals surface area contributed by atoms with Crippen molar-refractivity contribution in [2.75, 3.05) is 23.7 Å². The third-order valence-electron chi connectivity index (χ3n) is 5.29. The molecule has 2 aliphatic rings. The monoisotopic (exact) mass is 425 g/mol. The second-order valence-electron chi connectivity index (χ2n) is 7.44. The zero-order valence-corrected chi connectivity index (χ0v) is 17.6. The molecule has 2 aromatic rings. The Morgan fingerprint density at radius 2 is 1.73 bits per heavy atom. The van der Waals surface area contributed by atoms with Crippen LogP contribution in [0.1, 0.15) is 25.7 Å². The van der Waals surface area contributed by atoms with Crippen molar-refractivity contribution in [3.63, 3.8) is 0 Å². The number of anilines is 2. The molecule has 8 heteroatoms. The number of rotatable bonds is 4. The lowest BCUT2D eigenvalue weighted by Gasteiger charge is -2.15. The fraction of sp³-hybridized carbons (Fsp3) is 0.318. The highest BCUT2D eigenvalue weighted by atomic mass is 35.5. The molecule has 1 fully saturated rings. The van der Waals surface area contributed by atoms with Gasteiger partial charge >= 0.3 is 6.03 Å². The fourth-order valence-electron chi connectivity index (χ4n) is 3.60. The van der Waals surface area contributed by atoms with Crippen molar-refractivity contribution in [3.05, 3.63) is 53.1 Å². The predicted molar refractivity (Wildman–Crippen MR) is 118 cm³/mol. The molecule has 1 aromatic carbocycles. The molecule has 30 heavy (non-hydrogen) atoms. The number of likely N-dealkylation sites (tertiary alicyclic amines) is 1. The van der Waals surface area contributed by atoms with Crippen LogP contribution < -0.4 is 10.6 Å². The van der Waals surface area contributed by atoms with Crippen molar-refractivity contribution >= 4 is 35.0 Å². The van der Waals surface area contributed by atoms with Crippen molar-refractivity contribution < 1.29 is 9.59 Å². The zero-order valence-electron chi connectivity index (χ0n) is 16.8. The summed E-state index contributed by atoms with van der Waals surface area (Å²) >= 11 is 6.13. The highest BCUT2D eigenvalue weighted by Crippen LogP contribution is 2.26. The molecule has 4 rings (SSSR count). The van der Waals surface area contributed by atoms with Crippen LogP contribution in [0.2, 0.25) is 0 Å². The summed E-state index contributed by atoms with van der Waals surface area (Å²) in [4.78, 5) is 26.6. The standard InChI is InChI=1S/C22H24ClN5O2/c1-27-20(25-22(30)28-12-4-5-13-28)14-19(26-27)15-8-10-16(11-9-15)24-21(29)17-6-2-3-7-18(17)23/h6-11,14H,2-5,12-13H2,1H3,(H,24,29)(H,25,30). The first kappa shape index (κ1) is 20.2. The van der Waals surface area contributed by atoms with Crippen LogP contribution in [-0.2, 0) is 11.8 Å². The molecule has 1 saturated heterocycles. The number of carbonyl (C=O) groups excluding carboxylic acids is 2. The Bertz CT molecular complexity index is 1020. The molecule has 0 unspecified atom stereocenters. The summed E-state index contributed by atoms with van der Waals surface area (Å²) in [6, 6.07) is 9.17. The van der Waals surface area contributed by atoms with Crippen molar-refractivity contribution in [3.8, 4) is 11.3 Å². The molecule has 7 nitrogen and oxygen atoms in total. The lowest BCUT2D eigenvalue weighted by Crippen LogP contribution is -2.32. The van der Waals surface area contributed by atoms with Gasteiger partial charge in [0.15, 0.2) is 0 Å². The number of nitrogens with zero attached hydrogens (tertiary/aromatic N) is 3. The summed E-state index contributed by atoms with van der Waals surface area (Å²) in [6.45, 7) is 1.59. The largest absolute Gasteiger partial charge is 0.324 e. The Morgan fingerprint density at radius 3 is 2.43 bits per heavy atom. The van der Waals surface area contributed by atoms with Crippen LogP contribution in [0.4, 0.5) is 16.3 Å². The van der Waals surface area contributed by atoms with Gasteiger partial charge in [-0.05, 0) is 37.8 Å². The SMILES string of the molecule is Cn1nc(-c2ccc(NC(=O)C3=CCCC=C3Cl)cc2)cc1NC(=O)N1CCCC1. The summed E-state index contributed by atoms with van der Waals surface area (Å²) in [6.07, 6.45) is 7.49. The van der Waals surface area contributed by atoms with Crippen LogP contribution >= 0.6 is 11.6 Å². The average molecular weight is 426 g/mol. The van der Waals surface area contributed by atoms with Gasteiger partial charge in [-0.3, -0.25) is 14.8 Å². The van der Waals surface area contributed by atoms with E-state index in [0.29, 0.717) is 22.1 Å². The Balaban J connectivity index is 1.43. The quantitative estimate of drug-likeness (QED) is 0.757. The van der Waals surface area contributed by atoms with Crippen LogP contribution in [0.25, 0.3) is 11.3 Å². The lowest BCUT2D eigenvalue weighted by atomic mass is 10.1. The minimum Gasteiger partial charge on any atom is -0.324 e. The van der Waals surface area contributed by atoms with Crippen molar-refractivity contribution in [1.29, 1.82) is 0 Å². The summed E-state index contributed by atoms with van der Waals surface area (Å²) in [5.41, 5.74) is 2.82. The van der Waals surface area contributed by atoms with Gasteiger partial charge in [0.25, 0.3) is 5.91 Å². The van der Waals surface area contributed by atoms with Crippen molar-refractivity contribution in [1.82, 2.24) is 14.7 Å². The molecule has 3 amide bonds. The molecular formula is C22H24ClN5O2. The molecule has 0 atom stereocenters. The third kappa shape index (κ3) is 4.41.